The third-order valence-corrected chi connectivity index (χ3v) is 7.15. The quantitative estimate of drug-likeness (QED) is 0.662. The summed E-state index contributed by atoms with van der Waals surface area (Å²) < 4.78 is 31.7. The second-order valence-corrected chi connectivity index (χ2v) is 9.41. The topological polar surface area (TPSA) is 88.6 Å². The van der Waals surface area contributed by atoms with Gasteiger partial charge in [-0.3, -0.25) is 4.79 Å². The van der Waals surface area contributed by atoms with Gasteiger partial charge in [-0.05, 0) is 29.8 Å². The fourth-order valence-electron chi connectivity index (χ4n) is 2.53. The molecule has 7 nitrogen and oxygen atoms in total. The van der Waals surface area contributed by atoms with E-state index in [-0.39, 0.29) is 16.6 Å². The van der Waals surface area contributed by atoms with Crippen LogP contribution in [0.1, 0.15) is 5.56 Å². The van der Waals surface area contributed by atoms with Crippen LogP contribution < -0.4 is 5.32 Å². The number of aromatic nitrogens is 1. The molecule has 1 saturated heterocycles. The normalized spacial score (nSPS) is 15.3. The number of carbonyl (C=O) groups excluding carboxylic acids is 1. The molecule has 0 saturated carbocycles. The molecule has 1 aliphatic heterocycles. The van der Waals surface area contributed by atoms with Crippen LogP contribution in [0.25, 0.3) is 0 Å². The number of ether oxygens (including phenoxy) is 1. The number of halogens is 1. The number of nitrogens with one attached hydrogen (secondary N) is 1. The van der Waals surface area contributed by atoms with Crippen molar-refractivity contribution in [3.05, 3.63) is 53.2 Å². The molecule has 0 spiro atoms. The van der Waals surface area contributed by atoms with E-state index in [4.69, 9.17) is 16.3 Å². The molecular weight excluding hydrogens is 422 g/mol. The zero-order valence-electron chi connectivity index (χ0n) is 15.0. The lowest BCUT2D eigenvalue weighted by Crippen LogP contribution is -2.40. The largest absolute Gasteiger partial charge is 0.379 e. The van der Waals surface area contributed by atoms with E-state index in [2.05, 4.69) is 10.3 Å². The number of carbonyl (C=O) groups is 1. The van der Waals surface area contributed by atoms with Gasteiger partial charge >= 0.3 is 0 Å². The van der Waals surface area contributed by atoms with Gasteiger partial charge in [-0.1, -0.05) is 35.5 Å². The SMILES string of the molecule is O=C(CSc1ccc(S(=O)(=O)N2CCOCC2)cn1)NCc1ccc(Cl)cc1. The smallest absolute Gasteiger partial charge is 0.244 e. The first-order valence-corrected chi connectivity index (χ1v) is 11.4. The van der Waals surface area contributed by atoms with Gasteiger partial charge in [-0.25, -0.2) is 13.4 Å². The number of benzene rings is 1. The molecule has 0 bridgehead atoms. The predicted molar refractivity (Wildman–Crippen MR) is 108 cm³/mol. The Kier molecular flexibility index (Phi) is 7.30. The lowest BCUT2D eigenvalue weighted by atomic mass is 10.2. The number of pyridine rings is 1. The van der Waals surface area contributed by atoms with Crippen molar-refractivity contribution in [2.45, 2.75) is 16.5 Å². The summed E-state index contributed by atoms with van der Waals surface area (Å²) in [5.74, 6) is 0.0580. The third-order valence-electron chi connectivity index (χ3n) is 4.07. The van der Waals surface area contributed by atoms with Crippen LogP contribution in [0.15, 0.2) is 52.5 Å². The molecule has 1 N–H and O–H groups in total. The molecule has 1 amide bonds. The molecule has 3 rings (SSSR count). The number of nitrogens with zero attached hydrogens (tertiary/aromatic N) is 2. The van der Waals surface area contributed by atoms with Crippen LogP contribution in [0.4, 0.5) is 0 Å². The van der Waals surface area contributed by atoms with Gasteiger partial charge in [0.15, 0.2) is 0 Å². The molecular formula is C18H20ClN3O4S2. The molecule has 28 heavy (non-hydrogen) atoms. The highest BCUT2D eigenvalue weighted by Gasteiger charge is 2.26. The number of hydrogen-bond donors (Lipinski definition) is 1. The molecule has 1 fully saturated rings. The van der Waals surface area contributed by atoms with E-state index in [1.807, 2.05) is 12.1 Å². The van der Waals surface area contributed by atoms with Crippen molar-refractivity contribution in [2.75, 3.05) is 32.1 Å². The highest BCUT2D eigenvalue weighted by molar-refractivity contribution is 7.99. The Morgan fingerprint density at radius 3 is 2.54 bits per heavy atom. The average Bonchev–Trinajstić information content (AvgIpc) is 2.73. The van der Waals surface area contributed by atoms with Gasteiger partial charge in [0.25, 0.3) is 0 Å². The van der Waals surface area contributed by atoms with E-state index < -0.39 is 10.0 Å². The van der Waals surface area contributed by atoms with Crippen LogP contribution in [0, 0.1) is 0 Å². The van der Waals surface area contributed by atoms with Crippen molar-refractivity contribution in [3.63, 3.8) is 0 Å². The van der Waals surface area contributed by atoms with Gasteiger partial charge in [0, 0.05) is 30.9 Å². The summed E-state index contributed by atoms with van der Waals surface area (Å²) in [4.78, 5) is 16.3. The van der Waals surface area contributed by atoms with Crippen molar-refractivity contribution < 1.29 is 17.9 Å². The van der Waals surface area contributed by atoms with Crippen LogP contribution in [0.3, 0.4) is 0 Å². The van der Waals surface area contributed by atoms with Crippen molar-refractivity contribution in [1.29, 1.82) is 0 Å². The maximum Gasteiger partial charge on any atom is 0.244 e. The summed E-state index contributed by atoms with van der Waals surface area (Å²) in [6.45, 7) is 1.89. The van der Waals surface area contributed by atoms with Crippen LogP contribution in [0.5, 0.6) is 0 Å². The summed E-state index contributed by atoms with van der Waals surface area (Å²) in [7, 11) is -3.56. The Hall–Kier alpha value is -1.65. The number of hydrogen-bond acceptors (Lipinski definition) is 6. The second-order valence-electron chi connectivity index (χ2n) is 6.04. The lowest BCUT2D eigenvalue weighted by molar-refractivity contribution is -0.118. The monoisotopic (exact) mass is 441 g/mol. The first kappa shape index (κ1) is 21.1. The van der Waals surface area contributed by atoms with E-state index in [1.54, 1.807) is 18.2 Å². The summed E-state index contributed by atoms with van der Waals surface area (Å²) in [5.41, 5.74) is 0.957. The molecule has 0 radical (unpaired) electrons. The van der Waals surface area contributed by atoms with E-state index in [0.717, 1.165) is 5.56 Å². The van der Waals surface area contributed by atoms with E-state index in [1.165, 1.54) is 28.3 Å². The van der Waals surface area contributed by atoms with Crippen molar-refractivity contribution in [3.8, 4) is 0 Å². The Balaban J connectivity index is 1.49. The van der Waals surface area contributed by atoms with Crippen LogP contribution >= 0.6 is 23.4 Å². The Morgan fingerprint density at radius 2 is 1.89 bits per heavy atom. The maximum atomic E-state index is 12.6. The lowest BCUT2D eigenvalue weighted by Gasteiger charge is -2.25. The molecule has 1 aromatic carbocycles. The number of rotatable bonds is 7. The molecule has 150 valence electrons. The summed E-state index contributed by atoms with van der Waals surface area (Å²) in [6.07, 6.45) is 1.33. The second kappa shape index (κ2) is 9.71. The zero-order valence-corrected chi connectivity index (χ0v) is 17.4. The molecule has 0 unspecified atom stereocenters. The van der Waals surface area contributed by atoms with Crippen LogP contribution in [-0.4, -0.2) is 55.7 Å². The molecule has 1 aliphatic rings. The highest BCUT2D eigenvalue weighted by atomic mass is 35.5. The van der Waals surface area contributed by atoms with Gasteiger partial charge < -0.3 is 10.1 Å². The molecule has 2 heterocycles. The zero-order chi connectivity index (χ0) is 20.0. The standard InChI is InChI=1S/C18H20ClN3O4S2/c19-15-3-1-14(2-4-15)11-20-17(23)13-27-18-6-5-16(12-21-18)28(24,25)22-7-9-26-10-8-22/h1-6,12H,7-11,13H2,(H,20,23). The Bertz CT molecular complexity index is 899. The number of sulfonamides is 1. The van der Waals surface area contributed by atoms with E-state index in [9.17, 15) is 13.2 Å². The first-order chi connectivity index (χ1) is 13.4. The van der Waals surface area contributed by atoms with Gasteiger partial charge in [-0.15, -0.1) is 0 Å². The van der Waals surface area contributed by atoms with Gasteiger partial charge in [0.1, 0.15) is 4.90 Å². The fourth-order valence-corrected chi connectivity index (χ4v) is 4.69. The summed E-state index contributed by atoms with van der Waals surface area (Å²) in [6, 6.07) is 10.4. The van der Waals surface area contributed by atoms with Crippen LogP contribution in [-0.2, 0) is 26.1 Å². The average molecular weight is 442 g/mol. The summed E-state index contributed by atoms with van der Waals surface area (Å²) >= 11 is 7.08. The maximum absolute atomic E-state index is 12.6. The fraction of sp³-hybridized carbons (Fsp3) is 0.333. The van der Waals surface area contributed by atoms with Gasteiger partial charge in [0.2, 0.25) is 15.9 Å². The van der Waals surface area contributed by atoms with Crippen molar-refractivity contribution >= 4 is 39.3 Å². The van der Waals surface area contributed by atoms with Crippen LogP contribution in [0.2, 0.25) is 5.02 Å². The first-order valence-electron chi connectivity index (χ1n) is 8.63. The number of amides is 1. The Morgan fingerprint density at radius 1 is 1.18 bits per heavy atom. The van der Waals surface area contributed by atoms with E-state index in [0.29, 0.717) is 42.9 Å². The highest BCUT2D eigenvalue weighted by Crippen LogP contribution is 2.20. The number of morpholine rings is 1. The van der Waals surface area contributed by atoms with Crippen molar-refractivity contribution in [2.24, 2.45) is 0 Å². The molecule has 10 heteroatoms. The van der Waals surface area contributed by atoms with Gasteiger partial charge in [0.05, 0.1) is 24.0 Å². The van der Waals surface area contributed by atoms with Gasteiger partial charge in [-0.2, -0.15) is 4.31 Å². The number of thioether (sulfide) groups is 1. The summed E-state index contributed by atoms with van der Waals surface area (Å²) in [5, 5.41) is 4.06. The van der Waals surface area contributed by atoms with E-state index >= 15 is 0 Å². The molecule has 1 aromatic heterocycles. The molecule has 2 aromatic rings. The third kappa shape index (κ3) is 5.68. The molecule has 0 atom stereocenters. The minimum absolute atomic E-state index is 0.133. The Labute approximate surface area is 173 Å². The predicted octanol–water partition coefficient (Wildman–Crippen LogP) is 2.16. The minimum atomic E-state index is -3.56. The molecule has 0 aliphatic carbocycles. The van der Waals surface area contributed by atoms with Crippen molar-refractivity contribution in [1.82, 2.24) is 14.6 Å². The minimum Gasteiger partial charge on any atom is -0.379 e.